The lowest BCUT2D eigenvalue weighted by atomic mass is 10.2. The maximum Gasteiger partial charge on any atom is 0.227 e. The second-order valence-electron chi connectivity index (χ2n) is 3.72. The highest BCUT2D eigenvalue weighted by Crippen LogP contribution is 2.15. The molecule has 0 radical (unpaired) electrons. The van der Waals surface area contributed by atoms with Crippen molar-refractivity contribution in [2.45, 2.75) is 13.2 Å². The second-order valence-corrected chi connectivity index (χ2v) is 3.72. The first-order valence-corrected chi connectivity index (χ1v) is 5.40. The predicted octanol–water partition coefficient (Wildman–Crippen LogP) is 1.99. The Balaban J connectivity index is 2.17. The highest BCUT2D eigenvalue weighted by molar-refractivity contribution is 5.21. The topological polar surface area (TPSA) is 59.7 Å². The summed E-state index contributed by atoms with van der Waals surface area (Å²) >= 11 is 0. The summed E-state index contributed by atoms with van der Waals surface area (Å²) in [5, 5.41) is 8.76. The molecule has 19 heavy (non-hydrogen) atoms. The van der Waals surface area contributed by atoms with Crippen LogP contribution in [0.1, 0.15) is 11.3 Å². The molecule has 0 unspecified atom stereocenters. The lowest BCUT2D eigenvalue weighted by molar-refractivity contribution is 0.235. The molecule has 2 rings (SSSR count). The number of halogens is 2. The molecule has 1 aromatic heterocycles. The summed E-state index contributed by atoms with van der Waals surface area (Å²) in [7, 11) is 0. The smallest absolute Gasteiger partial charge is 0.227 e. The highest BCUT2D eigenvalue weighted by Gasteiger charge is 2.11. The normalized spacial score (nSPS) is 10.5. The number of hydrogen-bond donors (Lipinski definition) is 1. The van der Waals surface area contributed by atoms with E-state index >= 15 is 0 Å². The second kappa shape index (κ2) is 5.62. The van der Waals surface area contributed by atoms with Gasteiger partial charge in [0.25, 0.3) is 0 Å². The molecule has 0 bridgehead atoms. The van der Waals surface area contributed by atoms with Crippen LogP contribution in [0.4, 0.5) is 8.78 Å². The first kappa shape index (κ1) is 13.2. The van der Waals surface area contributed by atoms with Gasteiger partial charge in [-0.3, -0.25) is 4.79 Å². The Morgan fingerprint density at radius 2 is 1.95 bits per heavy atom. The van der Waals surface area contributed by atoms with Gasteiger partial charge >= 0.3 is 0 Å². The van der Waals surface area contributed by atoms with E-state index in [0.29, 0.717) is 0 Å². The fourth-order valence-corrected chi connectivity index (χ4v) is 1.45. The van der Waals surface area contributed by atoms with Crippen LogP contribution in [0.15, 0.2) is 39.7 Å². The molecule has 100 valence electrons. The third-order valence-electron chi connectivity index (χ3n) is 2.44. The molecule has 0 aliphatic heterocycles. The largest absolute Gasteiger partial charge is 0.482 e. The van der Waals surface area contributed by atoms with E-state index in [4.69, 9.17) is 14.3 Å². The molecule has 0 atom stereocenters. The summed E-state index contributed by atoms with van der Waals surface area (Å²) in [6.07, 6.45) is 0.993. The highest BCUT2D eigenvalue weighted by atomic mass is 19.1. The van der Waals surface area contributed by atoms with E-state index in [-0.39, 0.29) is 17.1 Å². The standard InChI is InChI=1S/C13H10F2O4/c14-10-2-1-3-11(15)9(10)6-19-13-7-18-8(5-16)4-12(13)17/h1-4,7,16H,5-6H2. The van der Waals surface area contributed by atoms with Gasteiger partial charge in [-0.15, -0.1) is 0 Å². The SMILES string of the molecule is O=c1cc(CO)occ1OCc1c(F)cccc1F. The van der Waals surface area contributed by atoms with E-state index in [9.17, 15) is 13.6 Å². The summed E-state index contributed by atoms with van der Waals surface area (Å²) in [6.45, 7) is -0.848. The van der Waals surface area contributed by atoms with Crippen LogP contribution in [0, 0.1) is 11.6 Å². The lowest BCUT2D eigenvalue weighted by Gasteiger charge is -2.07. The average Bonchev–Trinajstić information content (AvgIpc) is 2.39. The van der Waals surface area contributed by atoms with Crippen LogP contribution >= 0.6 is 0 Å². The molecular formula is C13H10F2O4. The molecular weight excluding hydrogens is 258 g/mol. The van der Waals surface area contributed by atoms with E-state index in [1.807, 2.05) is 0 Å². The molecule has 0 saturated carbocycles. The van der Waals surface area contributed by atoms with Crippen molar-refractivity contribution in [2.24, 2.45) is 0 Å². The van der Waals surface area contributed by atoms with Gasteiger partial charge in [-0.1, -0.05) is 6.07 Å². The van der Waals surface area contributed by atoms with Crippen LogP contribution in [-0.4, -0.2) is 5.11 Å². The third kappa shape index (κ3) is 2.97. The fraction of sp³-hybridized carbons (Fsp3) is 0.154. The summed E-state index contributed by atoms with van der Waals surface area (Å²) in [4.78, 5) is 11.5. The van der Waals surface area contributed by atoms with Crippen molar-refractivity contribution < 1.29 is 23.0 Å². The molecule has 0 amide bonds. The van der Waals surface area contributed by atoms with Crippen LogP contribution in [-0.2, 0) is 13.2 Å². The minimum atomic E-state index is -0.753. The van der Waals surface area contributed by atoms with Crippen LogP contribution < -0.4 is 10.2 Å². The van der Waals surface area contributed by atoms with Crippen molar-refractivity contribution in [3.63, 3.8) is 0 Å². The first-order valence-electron chi connectivity index (χ1n) is 5.40. The Hall–Kier alpha value is -2.21. The van der Waals surface area contributed by atoms with Crippen molar-refractivity contribution in [2.75, 3.05) is 0 Å². The van der Waals surface area contributed by atoms with E-state index in [1.54, 1.807) is 0 Å². The monoisotopic (exact) mass is 268 g/mol. The minimum absolute atomic E-state index is 0.0782. The van der Waals surface area contributed by atoms with Gasteiger partial charge in [0.05, 0.1) is 5.56 Å². The van der Waals surface area contributed by atoms with Crippen LogP contribution in [0.3, 0.4) is 0 Å². The van der Waals surface area contributed by atoms with Crippen LogP contribution in [0.2, 0.25) is 0 Å². The lowest BCUT2D eigenvalue weighted by Crippen LogP contribution is -2.09. The zero-order chi connectivity index (χ0) is 13.8. The summed E-state index contributed by atoms with van der Waals surface area (Å²) in [6, 6.07) is 4.48. The van der Waals surface area contributed by atoms with Crippen molar-refractivity contribution in [3.05, 3.63) is 63.7 Å². The Morgan fingerprint density at radius 3 is 2.53 bits per heavy atom. The fourth-order valence-electron chi connectivity index (χ4n) is 1.45. The molecule has 6 heteroatoms. The van der Waals surface area contributed by atoms with Crippen molar-refractivity contribution in [1.29, 1.82) is 0 Å². The molecule has 0 saturated heterocycles. The number of aliphatic hydroxyl groups excluding tert-OH is 1. The average molecular weight is 268 g/mol. The van der Waals surface area contributed by atoms with Crippen LogP contribution in [0.5, 0.6) is 5.75 Å². The number of rotatable bonds is 4. The van der Waals surface area contributed by atoms with Gasteiger partial charge in [0.1, 0.15) is 36.9 Å². The molecule has 1 N–H and O–H groups in total. The van der Waals surface area contributed by atoms with Gasteiger partial charge in [0.2, 0.25) is 11.2 Å². The van der Waals surface area contributed by atoms with E-state index in [1.165, 1.54) is 6.07 Å². The van der Waals surface area contributed by atoms with Crippen molar-refractivity contribution in [1.82, 2.24) is 0 Å². The van der Waals surface area contributed by atoms with Gasteiger partial charge < -0.3 is 14.3 Å². The molecule has 0 aliphatic carbocycles. The van der Waals surface area contributed by atoms with Crippen molar-refractivity contribution >= 4 is 0 Å². The van der Waals surface area contributed by atoms with E-state index in [2.05, 4.69) is 0 Å². The molecule has 2 aromatic rings. The van der Waals surface area contributed by atoms with Gasteiger partial charge in [-0.05, 0) is 12.1 Å². The third-order valence-corrected chi connectivity index (χ3v) is 2.44. The van der Waals surface area contributed by atoms with Crippen LogP contribution in [0.25, 0.3) is 0 Å². The van der Waals surface area contributed by atoms with Gasteiger partial charge in [-0.2, -0.15) is 0 Å². The van der Waals surface area contributed by atoms with E-state index in [0.717, 1.165) is 24.5 Å². The number of aliphatic hydroxyl groups is 1. The quantitative estimate of drug-likeness (QED) is 0.921. The van der Waals surface area contributed by atoms with Gasteiger partial charge in [0.15, 0.2) is 0 Å². The van der Waals surface area contributed by atoms with Gasteiger partial charge in [-0.25, -0.2) is 8.78 Å². The Labute approximate surface area is 106 Å². The van der Waals surface area contributed by atoms with Crippen molar-refractivity contribution in [3.8, 4) is 5.75 Å². The molecule has 1 aromatic carbocycles. The summed E-state index contributed by atoms with van der Waals surface area (Å²) in [5.74, 6) is -1.61. The predicted molar refractivity (Wildman–Crippen MR) is 61.6 cm³/mol. The minimum Gasteiger partial charge on any atom is -0.482 e. The maximum atomic E-state index is 13.3. The molecule has 4 nitrogen and oxygen atoms in total. The number of hydrogen-bond acceptors (Lipinski definition) is 4. The van der Waals surface area contributed by atoms with E-state index < -0.39 is 30.3 Å². The number of ether oxygens (including phenoxy) is 1. The molecule has 0 spiro atoms. The summed E-state index contributed by atoms with van der Waals surface area (Å²) in [5.41, 5.74) is -0.805. The molecule has 0 aliphatic rings. The maximum absolute atomic E-state index is 13.3. The first-order chi connectivity index (χ1) is 9.11. The zero-order valence-corrected chi connectivity index (χ0v) is 9.73. The van der Waals surface area contributed by atoms with Gasteiger partial charge in [0, 0.05) is 6.07 Å². The Kier molecular flexibility index (Phi) is 3.91. The Morgan fingerprint density at radius 1 is 1.26 bits per heavy atom. The summed E-state index contributed by atoms with van der Waals surface area (Å²) < 4.78 is 36.5. The molecule has 0 fully saturated rings. The zero-order valence-electron chi connectivity index (χ0n) is 9.73. The number of benzene rings is 1. The Bertz CT molecular complexity index is 617. The molecule has 1 heterocycles.